The van der Waals surface area contributed by atoms with Gasteiger partial charge in [0.2, 0.25) is 0 Å². The average molecular weight is 332 g/mol. The molecule has 128 valence electrons. The third kappa shape index (κ3) is 3.66. The lowest BCUT2D eigenvalue weighted by atomic mass is 9.78. The molecule has 0 fully saturated rings. The Morgan fingerprint density at radius 3 is 2.36 bits per heavy atom. The van der Waals surface area contributed by atoms with Crippen molar-refractivity contribution in [1.29, 1.82) is 0 Å². The first-order valence-electron chi connectivity index (χ1n) is 9.03. The molecule has 0 bridgehead atoms. The van der Waals surface area contributed by atoms with Crippen LogP contribution in [0, 0.1) is 0 Å². The normalized spacial score (nSPS) is 19.5. The van der Waals surface area contributed by atoms with Gasteiger partial charge in [0.25, 0.3) is 0 Å². The third-order valence-electron chi connectivity index (χ3n) is 4.95. The molecule has 2 aromatic carbocycles. The summed E-state index contributed by atoms with van der Waals surface area (Å²) in [5.74, 6) is 0. The van der Waals surface area contributed by atoms with E-state index in [1.54, 1.807) is 0 Å². The zero-order chi connectivity index (χ0) is 17.7. The second kappa shape index (κ2) is 7.65. The van der Waals surface area contributed by atoms with Gasteiger partial charge in [0, 0.05) is 12.0 Å². The summed E-state index contributed by atoms with van der Waals surface area (Å²) < 4.78 is 16.1. The van der Waals surface area contributed by atoms with E-state index in [4.69, 9.17) is 0 Å². The van der Waals surface area contributed by atoms with Crippen LogP contribution in [-0.4, -0.2) is 0 Å². The standard InChI is InChI=1S/C24H25F/c1-3-5-8-20-12-16-22(17-13-20)24(25)18-7-6-9-23(24)21-14-10-19(4-2)11-15-21/h3,6-7,9-17H,1,4-5,8,18H2,2H3. The maximum atomic E-state index is 16.1. The van der Waals surface area contributed by atoms with Crippen LogP contribution in [0.5, 0.6) is 0 Å². The van der Waals surface area contributed by atoms with Crippen LogP contribution in [0.3, 0.4) is 0 Å². The molecule has 3 rings (SSSR count). The number of alkyl halides is 1. The topological polar surface area (TPSA) is 0 Å². The van der Waals surface area contributed by atoms with E-state index in [0.29, 0.717) is 6.42 Å². The average Bonchev–Trinajstić information content (AvgIpc) is 2.67. The van der Waals surface area contributed by atoms with E-state index in [9.17, 15) is 0 Å². The summed E-state index contributed by atoms with van der Waals surface area (Å²) in [5.41, 5.74) is 3.45. The Morgan fingerprint density at radius 2 is 1.72 bits per heavy atom. The molecule has 0 heterocycles. The van der Waals surface area contributed by atoms with E-state index in [0.717, 1.165) is 36.0 Å². The van der Waals surface area contributed by atoms with Crippen LogP contribution in [0.1, 0.15) is 42.0 Å². The molecule has 0 saturated heterocycles. The third-order valence-corrected chi connectivity index (χ3v) is 4.95. The van der Waals surface area contributed by atoms with Gasteiger partial charge in [0.15, 0.2) is 5.67 Å². The van der Waals surface area contributed by atoms with E-state index in [1.807, 2.05) is 60.7 Å². The van der Waals surface area contributed by atoms with Crippen molar-refractivity contribution >= 4 is 5.57 Å². The molecule has 0 N–H and O–H groups in total. The maximum absolute atomic E-state index is 16.1. The van der Waals surface area contributed by atoms with E-state index in [2.05, 4.69) is 25.6 Å². The monoisotopic (exact) mass is 332 g/mol. The number of hydrogen-bond acceptors (Lipinski definition) is 0. The Kier molecular flexibility index (Phi) is 5.33. The second-order valence-electron chi connectivity index (χ2n) is 6.59. The molecule has 0 nitrogen and oxygen atoms in total. The molecule has 1 aliphatic rings. The van der Waals surface area contributed by atoms with Crippen molar-refractivity contribution in [2.45, 2.75) is 38.3 Å². The van der Waals surface area contributed by atoms with E-state index >= 15 is 4.39 Å². The Hall–Kier alpha value is -2.41. The lowest BCUT2D eigenvalue weighted by Gasteiger charge is -2.30. The van der Waals surface area contributed by atoms with Gasteiger partial charge < -0.3 is 0 Å². The van der Waals surface area contributed by atoms with Gasteiger partial charge in [-0.25, -0.2) is 4.39 Å². The highest BCUT2D eigenvalue weighted by molar-refractivity contribution is 5.76. The van der Waals surface area contributed by atoms with Gasteiger partial charge in [-0.1, -0.05) is 79.8 Å². The van der Waals surface area contributed by atoms with Gasteiger partial charge in [0.05, 0.1) is 0 Å². The predicted molar refractivity (Wildman–Crippen MR) is 105 cm³/mol. The highest BCUT2D eigenvalue weighted by Crippen LogP contribution is 2.45. The molecule has 0 spiro atoms. The molecule has 0 aromatic heterocycles. The SMILES string of the molecule is C=CCCc1ccc(C2(F)CC=CC=C2c2ccc(CC)cc2)cc1. The number of aryl methyl sites for hydroxylation is 2. The summed E-state index contributed by atoms with van der Waals surface area (Å²) >= 11 is 0. The minimum absolute atomic E-state index is 0.375. The molecule has 0 aliphatic heterocycles. The molecule has 25 heavy (non-hydrogen) atoms. The predicted octanol–water partition coefficient (Wildman–Crippen LogP) is 6.58. The van der Waals surface area contributed by atoms with Crippen LogP contribution in [0.25, 0.3) is 5.57 Å². The summed E-state index contributed by atoms with van der Waals surface area (Å²) in [5, 5.41) is 0. The number of allylic oxidation sites excluding steroid dienone is 5. The minimum atomic E-state index is -1.47. The fraction of sp³-hybridized carbons (Fsp3) is 0.250. The summed E-state index contributed by atoms with van der Waals surface area (Å²) in [6, 6.07) is 16.2. The first kappa shape index (κ1) is 17.4. The van der Waals surface area contributed by atoms with E-state index < -0.39 is 5.67 Å². The van der Waals surface area contributed by atoms with Gasteiger partial charge in [-0.05, 0) is 41.5 Å². The molecule has 0 radical (unpaired) electrons. The lowest BCUT2D eigenvalue weighted by molar-refractivity contribution is 0.249. The fourth-order valence-electron chi connectivity index (χ4n) is 3.36. The van der Waals surface area contributed by atoms with Gasteiger partial charge in [0.1, 0.15) is 0 Å². The van der Waals surface area contributed by atoms with Crippen molar-refractivity contribution in [2.24, 2.45) is 0 Å². The number of halogens is 1. The zero-order valence-corrected chi connectivity index (χ0v) is 14.8. The van der Waals surface area contributed by atoms with Crippen LogP contribution in [0.4, 0.5) is 4.39 Å². The number of rotatable bonds is 6. The minimum Gasteiger partial charge on any atom is -0.233 e. The Balaban J connectivity index is 1.93. The summed E-state index contributed by atoms with van der Waals surface area (Å²) in [7, 11) is 0. The molecule has 0 saturated carbocycles. The van der Waals surface area contributed by atoms with E-state index in [-0.39, 0.29) is 0 Å². The fourth-order valence-corrected chi connectivity index (χ4v) is 3.36. The van der Waals surface area contributed by atoms with Crippen molar-refractivity contribution in [3.05, 3.63) is 102 Å². The summed E-state index contributed by atoms with van der Waals surface area (Å²) in [4.78, 5) is 0. The van der Waals surface area contributed by atoms with Gasteiger partial charge in [-0.3, -0.25) is 0 Å². The highest BCUT2D eigenvalue weighted by Gasteiger charge is 2.37. The summed E-state index contributed by atoms with van der Waals surface area (Å²) in [6.45, 7) is 5.89. The molecule has 1 heteroatoms. The second-order valence-corrected chi connectivity index (χ2v) is 6.59. The van der Waals surface area contributed by atoms with Gasteiger partial charge in [-0.2, -0.15) is 0 Å². The Labute approximate surface area is 150 Å². The number of benzene rings is 2. The van der Waals surface area contributed by atoms with Crippen LogP contribution in [-0.2, 0) is 18.5 Å². The molecular formula is C24H25F. The Morgan fingerprint density at radius 1 is 1.04 bits per heavy atom. The van der Waals surface area contributed by atoms with Crippen molar-refractivity contribution in [2.75, 3.05) is 0 Å². The first-order chi connectivity index (χ1) is 12.2. The number of hydrogen-bond donors (Lipinski definition) is 0. The molecule has 1 unspecified atom stereocenters. The van der Waals surface area contributed by atoms with Gasteiger partial charge >= 0.3 is 0 Å². The van der Waals surface area contributed by atoms with Crippen LogP contribution >= 0.6 is 0 Å². The summed E-state index contributed by atoms with van der Waals surface area (Å²) in [6.07, 6.45) is 11.0. The Bertz CT molecular complexity index is 778. The van der Waals surface area contributed by atoms with Crippen molar-refractivity contribution in [3.63, 3.8) is 0 Å². The van der Waals surface area contributed by atoms with Crippen molar-refractivity contribution in [3.8, 4) is 0 Å². The van der Waals surface area contributed by atoms with Crippen LogP contribution in [0.15, 0.2) is 79.4 Å². The maximum Gasteiger partial charge on any atom is 0.165 e. The van der Waals surface area contributed by atoms with E-state index in [1.165, 1.54) is 11.1 Å². The molecule has 2 aromatic rings. The largest absolute Gasteiger partial charge is 0.233 e. The van der Waals surface area contributed by atoms with Crippen LogP contribution < -0.4 is 0 Å². The first-order valence-corrected chi connectivity index (χ1v) is 9.03. The smallest absolute Gasteiger partial charge is 0.165 e. The molecule has 1 aliphatic carbocycles. The highest BCUT2D eigenvalue weighted by atomic mass is 19.1. The zero-order valence-electron chi connectivity index (χ0n) is 14.8. The van der Waals surface area contributed by atoms with Crippen molar-refractivity contribution < 1.29 is 4.39 Å². The quantitative estimate of drug-likeness (QED) is 0.524. The van der Waals surface area contributed by atoms with Crippen LogP contribution in [0.2, 0.25) is 0 Å². The van der Waals surface area contributed by atoms with Gasteiger partial charge in [-0.15, -0.1) is 6.58 Å². The molecule has 0 amide bonds. The van der Waals surface area contributed by atoms with Crippen molar-refractivity contribution in [1.82, 2.24) is 0 Å². The molecular weight excluding hydrogens is 307 g/mol. The molecule has 1 atom stereocenters. The lowest BCUT2D eigenvalue weighted by Crippen LogP contribution is -2.23.